The number of aromatic nitrogens is 1. The monoisotopic (exact) mass is 310 g/mol. The van der Waals surface area contributed by atoms with E-state index in [0.717, 1.165) is 28.6 Å². The minimum absolute atomic E-state index is 0.107. The third-order valence-corrected chi connectivity index (χ3v) is 3.67. The van der Waals surface area contributed by atoms with Crippen molar-refractivity contribution >= 4 is 16.9 Å². The van der Waals surface area contributed by atoms with Gasteiger partial charge in [-0.1, -0.05) is 12.1 Å². The van der Waals surface area contributed by atoms with Crippen LogP contribution in [0.3, 0.4) is 0 Å². The standard InChI is InChI=1S/C18H18N2O3/c21-11-2-1-9-20-18(22)14-5-3-13(4-6-14)17-15-8-12-23-16(15)7-10-19-17/h3-8,10,12,21H,1-2,9,11H2,(H,20,22). The number of aliphatic hydroxyl groups is 1. The second kappa shape index (κ2) is 7.07. The number of hydrogen-bond acceptors (Lipinski definition) is 4. The van der Waals surface area contributed by atoms with Crippen LogP contribution in [0.25, 0.3) is 22.2 Å². The van der Waals surface area contributed by atoms with Crippen LogP contribution in [0.2, 0.25) is 0 Å². The number of carbonyl (C=O) groups is 1. The molecule has 1 amide bonds. The third-order valence-electron chi connectivity index (χ3n) is 3.67. The van der Waals surface area contributed by atoms with Crippen LogP contribution in [0.4, 0.5) is 0 Å². The zero-order valence-corrected chi connectivity index (χ0v) is 12.7. The van der Waals surface area contributed by atoms with E-state index in [2.05, 4.69) is 10.3 Å². The number of pyridine rings is 1. The summed E-state index contributed by atoms with van der Waals surface area (Å²) in [6.07, 6.45) is 4.82. The highest BCUT2D eigenvalue weighted by Gasteiger charge is 2.09. The lowest BCUT2D eigenvalue weighted by molar-refractivity contribution is 0.0952. The molecule has 0 unspecified atom stereocenters. The summed E-state index contributed by atoms with van der Waals surface area (Å²) >= 11 is 0. The molecular weight excluding hydrogens is 292 g/mol. The number of hydrogen-bond donors (Lipinski definition) is 2. The second-order valence-electron chi connectivity index (χ2n) is 5.26. The number of amides is 1. The normalized spacial score (nSPS) is 10.8. The van der Waals surface area contributed by atoms with E-state index >= 15 is 0 Å². The number of unbranched alkanes of at least 4 members (excludes halogenated alkanes) is 1. The van der Waals surface area contributed by atoms with E-state index in [-0.39, 0.29) is 12.5 Å². The molecule has 0 atom stereocenters. The van der Waals surface area contributed by atoms with Crippen LogP contribution < -0.4 is 5.32 Å². The number of aliphatic hydroxyl groups excluding tert-OH is 1. The molecule has 23 heavy (non-hydrogen) atoms. The van der Waals surface area contributed by atoms with Gasteiger partial charge in [-0.3, -0.25) is 9.78 Å². The number of furan rings is 1. The maximum atomic E-state index is 12.0. The van der Waals surface area contributed by atoms with Gasteiger partial charge in [-0.25, -0.2) is 0 Å². The Morgan fingerprint density at radius 3 is 2.74 bits per heavy atom. The van der Waals surface area contributed by atoms with Gasteiger partial charge in [0.1, 0.15) is 5.58 Å². The van der Waals surface area contributed by atoms with Gasteiger partial charge in [-0.15, -0.1) is 0 Å². The molecule has 0 aliphatic heterocycles. The van der Waals surface area contributed by atoms with Crippen molar-refractivity contribution in [2.24, 2.45) is 0 Å². The summed E-state index contributed by atoms with van der Waals surface area (Å²) in [4.78, 5) is 16.4. The van der Waals surface area contributed by atoms with Gasteiger partial charge in [0.2, 0.25) is 0 Å². The summed E-state index contributed by atoms with van der Waals surface area (Å²) < 4.78 is 5.38. The van der Waals surface area contributed by atoms with Crippen molar-refractivity contribution in [1.82, 2.24) is 10.3 Å². The number of rotatable bonds is 6. The van der Waals surface area contributed by atoms with Crippen molar-refractivity contribution in [3.8, 4) is 11.3 Å². The van der Waals surface area contributed by atoms with Crippen LogP contribution in [0.1, 0.15) is 23.2 Å². The van der Waals surface area contributed by atoms with E-state index in [1.807, 2.05) is 24.3 Å². The Kier molecular flexibility index (Phi) is 4.68. The summed E-state index contributed by atoms with van der Waals surface area (Å²) in [5.74, 6) is -0.107. The quantitative estimate of drug-likeness (QED) is 0.686. The van der Waals surface area contributed by atoms with Gasteiger partial charge in [0, 0.05) is 35.9 Å². The van der Waals surface area contributed by atoms with Crippen LogP contribution in [0.5, 0.6) is 0 Å². The van der Waals surface area contributed by atoms with Crippen molar-refractivity contribution < 1.29 is 14.3 Å². The molecule has 118 valence electrons. The molecule has 2 heterocycles. The zero-order chi connectivity index (χ0) is 16.1. The van der Waals surface area contributed by atoms with Crippen molar-refractivity contribution in [2.75, 3.05) is 13.2 Å². The highest BCUT2D eigenvalue weighted by molar-refractivity contribution is 5.96. The maximum Gasteiger partial charge on any atom is 0.251 e. The Hall–Kier alpha value is -2.66. The second-order valence-corrected chi connectivity index (χ2v) is 5.26. The zero-order valence-electron chi connectivity index (χ0n) is 12.7. The number of fused-ring (bicyclic) bond motifs is 1. The predicted molar refractivity (Wildman–Crippen MR) is 88.1 cm³/mol. The number of nitrogens with zero attached hydrogens (tertiary/aromatic N) is 1. The van der Waals surface area contributed by atoms with E-state index in [1.165, 1.54) is 0 Å². The lowest BCUT2D eigenvalue weighted by Crippen LogP contribution is -2.24. The van der Waals surface area contributed by atoms with Crippen molar-refractivity contribution in [3.63, 3.8) is 0 Å². The van der Waals surface area contributed by atoms with Gasteiger partial charge < -0.3 is 14.8 Å². The fraction of sp³-hybridized carbons (Fsp3) is 0.222. The molecule has 0 radical (unpaired) electrons. The van der Waals surface area contributed by atoms with E-state index in [9.17, 15) is 4.79 Å². The summed E-state index contributed by atoms with van der Waals surface area (Å²) in [7, 11) is 0. The van der Waals surface area contributed by atoms with E-state index in [4.69, 9.17) is 9.52 Å². The smallest absolute Gasteiger partial charge is 0.251 e. The van der Waals surface area contributed by atoms with Crippen molar-refractivity contribution in [2.45, 2.75) is 12.8 Å². The first-order chi connectivity index (χ1) is 11.3. The molecule has 0 aliphatic rings. The molecule has 3 rings (SSSR count). The lowest BCUT2D eigenvalue weighted by Gasteiger charge is -2.06. The van der Waals surface area contributed by atoms with E-state index < -0.39 is 0 Å². The molecule has 0 saturated heterocycles. The Morgan fingerprint density at radius 1 is 1.13 bits per heavy atom. The van der Waals surface area contributed by atoms with Crippen molar-refractivity contribution in [1.29, 1.82) is 0 Å². The molecule has 5 heteroatoms. The number of benzene rings is 1. The minimum Gasteiger partial charge on any atom is -0.464 e. The van der Waals surface area contributed by atoms with Crippen LogP contribution in [0, 0.1) is 0 Å². The molecule has 2 aromatic heterocycles. The Labute approximate surface area is 134 Å². The molecule has 0 spiro atoms. The van der Waals surface area contributed by atoms with Gasteiger partial charge in [0.25, 0.3) is 5.91 Å². The van der Waals surface area contributed by atoms with Crippen LogP contribution >= 0.6 is 0 Å². The SMILES string of the molecule is O=C(NCCCCO)c1ccc(-c2nccc3occc23)cc1. The molecule has 0 saturated carbocycles. The highest BCUT2D eigenvalue weighted by atomic mass is 16.3. The fourth-order valence-electron chi connectivity index (χ4n) is 2.45. The average Bonchev–Trinajstić information content (AvgIpc) is 3.07. The Bertz CT molecular complexity index is 793. The maximum absolute atomic E-state index is 12.0. The van der Waals surface area contributed by atoms with Crippen LogP contribution in [-0.2, 0) is 0 Å². The van der Waals surface area contributed by atoms with Crippen LogP contribution in [0.15, 0.2) is 53.3 Å². The first-order valence-electron chi connectivity index (χ1n) is 7.61. The molecule has 3 aromatic rings. The van der Waals surface area contributed by atoms with Gasteiger partial charge in [-0.05, 0) is 37.1 Å². The fourth-order valence-corrected chi connectivity index (χ4v) is 2.45. The first kappa shape index (κ1) is 15.2. The number of carbonyl (C=O) groups excluding carboxylic acids is 1. The van der Waals surface area contributed by atoms with Gasteiger partial charge in [0.05, 0.1) is 12.0 Å². The minimum atomic E-state index is -0.107. The van der Waals surface area contributed by atoms with Gasteiger partial charge in [0.15, 0.2) is 0 Å². The van der Waals surface area contributed by atoms with E-state index in [1.54, 1.807) is 24.6 Å². The highest BCUT2D eigenvalue weighted by Crippen LogP contribution is 2.27. The predicted octanol–water partition coefficient (Wildman–Crippen LogP) is 3.00. The van der Waals surface area contributed by atoms with Gasteiger partial charge >= 0.3 is 0 Å². The largest absolute Gasteiger partial charge is 0.464 e. The molecule has 1 aromatic carbocycles. The average molecular weight is 310 g/mol. The molecule has 0 bridgehead atoms. The molecule has 2 N–H and O–H groups in total. The van der Waals surface area contributed by atoms with E-state index in [0.29, 0.717) is 18.5 Å². The summed E-state index contributed by atoms with van der Waals surface area (Å²) in [6, 6.07) is 11.1. The summed E-state index contributed by atoms with van der Waals surface area (Å²) in [5, 5.41) is 12.5. The third kappa shape index (κ3) is 3.40. The Morgan fingerprint density at radius 2 is 1.96 bits per heavy atom. The van der Waals surface area contributed by atoms with Gasteiger partial charge in [-0.2, -0.15) is 0 Å². The first-order valence-corrected chi connectivity index (χ1v) is 7.61. The molecule has 0 fully saturated rings. The molecule has 0 aliphatic carbocycles. The van der Waals surface area contributed by atoms with Crippen molar-refractivity contribution in [3.05, 3.63) is 54.4 Å². The summed E-state index contributed by atoms with van der Waals surface area (Å²) in [6.45, 7) is 0.716. The lowest BCUT2D eigenvalue weighted by atomic mass is 10.1. The molecular formula is C18H18N2O3. The van der Waals surface area contributed by atoms with Crippen LogP contribution in [-0.4, -0.2) is 29.1 Å². The topological polar surface area (TPSA) is 75.4 Å². The molecule has 5 nitrogen and oxygen atoms in total. The number of nitrogens with one attached hydrogen (secondary N) is 1. The Balaban J connectivity index is 1.74. The summed E-state index contributed by atoms with van der Waals surface area (Å²) in [5.41, 5.74) is 3.18.